The third-order valence-electron chi connectivity index (χ3n) is 3.52. The molecule has 2 N–H and O–H groups in total. The predicted molar refractivity (Wildman–Crippen MR) is 69.5 cm³/mol. The maximum absolute atomic E-state index is 5.97. The molecule has 6 heteroatoms. The first-order chi connectivity index (χ1) is 9.33. The van der Waals surface area contributed by atoms with Gasteiger partial charge >= 0.3 is 0 Å². The van der Waals surface area contributed by atoms with E-state index in [0.717, 1.165) is 37.0 Å². The number of hydrogen-bond acceptors (Lipinski definition) is 5. The molecular weight excluding hydrogens is 242 g/mol. The van der Waals surface area contributed by atoms with E-state index in [0.29, 0.717) is 17.5 Å². The van der Waals surface area contributed by atoms with Gasteiger partial charge in [0.1, 0.15) is 0 Å². The van der Waals surface area contributed by atoms with Crippen LogP contribution in [0.4, 0.5) is 5.95 Å². The van der Waals surface area contributed by atoms with E-state index in [1.54, 1.807) is 10.8 Å². The Morgan fingerprint density at radius 1 is 1.21 bits per heavy atom. The summed E-state index contributed by atoms with van der Waals surface area (Å²) in [5.74, 6) is 1.59. The van der Waals surface area contributed by atoms with Crippen LogP contribution in [0.3, 0.4) is 0 Å². The van der Waals surface area contributed by atoms with Gasteiger partial charge in [-0.2, -0.15) is 4.52 Å². The van der Waals surface area contributed by atoms with E-state index < -0.39 is 0 Å². The van der Waals surface area contributed by atoms with Gasteiger partial charge < -0.3 is 10.2 Å². The van der Waals surface area contributed by atoms with Crippen LogP contribution in [0.2, 0.25) is 0 Å². The molecule has 0 atom stereocenters. The smallest absolute Gasteiger partial charge is 0.223 e. The second kappa shape index (κ2) is 3.81. The molecule has 0 aromatic carbocycles. The van der Waals surface area contributed by atoms with Crippen LogP contribution in [0.5, 0.6) is 0 Å². The lowest BCUT2D eigenvalue weighted by atomic mass is 9.97. The molecule has 0 fully saturated rings. The number of nitrogens with two attached hydrogens (primary N) is 1. The number of rotatable bonds is 1. The summed E-state index contributed by atoms with van der Waals surface area (Å²) in [4.78, 5) is 9.01. The minimum Gasteiger partial charge on any atom is -0.461 e. The zero-order chi connectivity index (χ0) is 12.8. The van der Waals surface area contributed by atoms with Gasteiger partial charge in [0.2, 0.25) is 11.8 Å². The third kappa shape index (κ3) is 1.53. The second-order valence-corrected chi connectivity index (χ2v) is 4.75. The first-order valence-corrected chi connectivity index (χ1v) is 6.41. The Bertz CT molecular complexity index is 744. The van der Waals surface area contributed by atoms with Crippen molar-refractivity contribution >= 4 is 11.6 Å². The molecule has 0 amide bonds. The zero-order valence-electron chi connectivity index (χ0n) is 10.3. The lowest BCUT2D eigenvalue weighted by molar-refractivity contribution is 0.577. The van der Waals surface area contributed by atoms with Gasteiger partial charge in [0.25, 0.3) is 0 Å². The minimum absolute atomic E-state index is 0.390. The fraction of sp³-hybridized carbons (Fsp3) is 0.308. The summed E-state index contributed by atoms with van der Waals surface area (Å²) in [7, 11) is 0. The molecule has 0 unspecified atom stereocenters. The van der Waals surface area contributed by atoms with E-state index >= 15 is 0 Å². The van der Waals surface area contributed by atoms with Crippen molar-refractivity contribution in [2.24, 2.45) is 0 Å². The molecule has 0 saturated carbocycles. The van der Waals surface area contributed by atoms with Gasteiger partial charge in [0.05, 0.1) is 12.0 Å². The summed E-state index contributed by atoms with van der Waals surface area (Å²) in [6, 6.07) is 3.66. The number of nitrogen functional groups attached to an aromatic ring is 1. The number of fused-ring (bicyclic) bond motifs is 3. The third-order valence-corrected chi connectivity index (χ3v) is 3.52. The van der Waals surface area contributed by atoms with Gasteiger partial charge in [0, 0.05) is 5.56 Å². The Hall–Kier alpha value is -2.37. The van der Waals surface area contributed by atoms with Crippen LogP contribution >= 0.6 is 0 Å². The van der Waals surface area contributed by atoms with Crippen LogP contribution in [-0.2, 0) is 12.8 Å². The molecule has 3 heterocycles. The monoisotopic (exact) mass is 255 g/mol. The molecule has 96 valence electrons. The molecular formula is C13H13N5O. The van der Waals surface area contributed by atoms with Crippen LogP contribution in [0.15, 0.2) is 22.8 Å². The minimum atomic E-state index is 0.390. The Labute approximate surface area is 109 Å². The van der Waals surface area contributed by atoms with Crippen LogP contribution < -0.4 is 5.73 Å². The number of hydrogen-bond donors (Lipinski definition) is 1. The SMILES string of the molecule is Nc1nc2c(c3nc(-c4ccco4)nn13)CCCC2. The van der Waals surface area contributed by atoms with Gasteiger partial charge in [0.15, 0.2) is 11.4 Å². The summed E-state index contributed by atoms with van der Waals surface area (Å²) in [6.07, 6.45) is 5.89. The van der Waals surface area contributed by atoms with Gasteiger partial charge in [-0.15, -0.1) is 5.10 Å². The molecule has 0 aliphatic heterocycles. The summed E-state index contributed by atoms with van der Waals surface area (Å²) < 4.78 is 6.95. The van der Waals surface area contributed by atoms with Gasteiger partial charge in [-0.3, -0.25) is 0 Å². The Balaban J connectivity index is 2.00. The summed E-state index contributed by atoms with van der Waals surface area (Å²) in [6.45, 7) is 0. The summed E-state index contributed by atoms with van der Waals surface area (Å²) in [5.41, 5.74) is 9.02. The lowest BCUT2D eigenvalue weighted by Crippen LogP contribution is -2.12. The number of furan rings is 1. The molecule has 0 saturated heterocycles. The van der Waals surface area contributed by atoms with E-state index in [4.69, 9.17) is 10.2 Å². The molecule has 0 bridgehead atoms. The Morgan fingerprint density at radius 3 is 2.95 bits per heavy atom. The molecule has 1 aliphatic carbocycles. The molecule has 19 heavy (non-hydrogen) atoms. The Kier molecular flexibility index (Phi) is 2.11. The maximum Gasteiger partial charge on any atom is 0.223 e. The van der Waals surface area contributed by atoms with Crippen molar-refractivity contribution in [1.82, 2.24) is 19.6 Å². The highest BCUT2D eigenvalue weighted by atomic mass is 16.3. The molecule has 3 aromatic heterocycles. The predicted octanol–water partition coefficient (Wildman–Crippen LogP) is 1.85. The van der Waals surface area contributed by atoms with Gasteiger partial charge in [-0.05, 0) is 37.8 Å². The highest BCUT2D eigenvalue weighted by Crippen LogP contribution is 2.26. The molecule has 6 nitrogen and oxygen atoms in total. The van der Waals surface area contributed by atoms with E-state index in [-0.39, 0.29) is 0 Å². The first-order valence-electron chi connectivity index (χ1n) is 6.41. The van der Waals surface area contributed by atoms with Crippen molar-refractivity contribution in [2.75, 3.05) is 5.73 Å². The van der Waals surface area contributed by atoms with Crippen molar-refractivity contribution in [3.8, 4) is 11.6 Å². The number of aryl methyl sites for hydroxylation is 2. The highest BCUT2D eigenvalue weighted by molar-refractivity contribution is 5.59. The van der Waals surface area contributed by atoms with Crippen molar-refractivity contribution in [3.63, 3.8) is 0 Å². The Morgan fingerprint density at radius 2 is 2.11 bits per heavy atom. The average Bonchev–Trinajstić information content (AvgIpc) is 3.08. The largest absolute Gasteiger partial charge is 0.461 e. The van der Waals surface area contributed by atoms with Crippen LogP contribution in [0.25, 0.3) is 17.2 Å². The fourth-order valence-corrected chi connectivity index (χ4v) is 2.62. The molecule has 0 spiro atoms. The van der Waals surface area contributed by atoms with Gasteiger partial charge in [-0.1, -0.05) is 0 Å². The van der Waals surface area contributed by atoms with Crippen molar-refractivity contribution in [2.45, 2.75) is 25.7 Å². The van der Waals surface area contributed by atoms with Crippen LogP contribution in [0, 0.1) is 0 Å². The summed E-state index contributed by atoms with van der Waals surface area (Å²) >= 11 is 0. The highest BCUT2D eigenvalue weighted by Gasteiger charge is 2.20. The number of aromatic nitrogens is 4. The standard InChI is InChI=1S/C13H13N5O/c14-13-15-9-5-2-1-4-8(9)12-16-11(17-18(12)13)10-6-3-7-19-10/h3,6-7H,1-2,4-5H2,(H2,14,15). The number of nitrogens with zero attached hydrogens (tertiary/aromatic N) is 4. The first kappa shape index (κ1) is 10.5. The lowest BCUT2D eigenvalue weighted by Gasteiger charge is -2.15. The van der Waals surface area contributed by atoms with Crippen molar-refractivity contribution in [3.05, 3.63) is 29.7 Å². The van der Waals surface area contributed by atoms with E-state index in [1.807, 2.05) is 12.1 Å². The normalized spacial score (nSPS) is 14.7. The molecule has 0 radical (unpaired) electrons. The zero-order valence-corrected chi connectivity index (χ0v) is 10.3. The van der Waals surface area contributed by atoms with E-state index in [1.165, 1.54) is 5.56 Å². The van der Waals surface area contributed by atoms with E-state index in [2.05, 4.69) is 15.1 Å². The quantitative estimate of drug-likeness (QED) is 0.717. The van der Waals surface area contributed by atoms with Crippen molar-refractivity contribution < 1.29 is 4.42 Å². The molecule has 3 aromatic rings. The van der Waals surface area contributed by atoms with Crippen molar-refractivity contribution in [1.29, 1.82) is 0 Å². The van der Waals surface area contributed by atoms with E-state index in [9.17, 15) is 0 Å². The maximum atomic E-state index is 5.97. The summed E-state index contributed by atoms with van der Waals surface area (Å²) in [5, 5.41) is 4.39. The molecule has 1 aliphatic rings. The van der Waals surface area contributed by atoms with Gasteiger partial charge in [-0.25, -0.2) is 9.97 Å². The topological polar surface area (TPSA) is 82.2 Å². The van der Waals surface area contributed by atoms with Crippen LogP contribution in [0.1, 0.15) is 24.1 Å². The average molecular weight is 255 g/mol. The fourth-order valence-electron chi connectivity index (χ4n) is 2.62. The second-order valence-electron chi connectivity index (χ2n) is 4.75. The number of anilines is 1. The molecule has 4 rings (SSSR count). The van der Waals surface area contributed by atoms with Crippen LogP contribution in [-0.4, -0.2) is 19.6 Å².